The van der Waals surface area contributed by atoms with Crippen LogP contribution in [0.5, 0.6) is 0 Å². The summed E-state index contributed by atoms with van der Waals surface area (Å²) in [6.07, 6.45) is 3.73. The van der Waals surface area contributed by atoms with Crippen LogP contribution in [-0.4, -0.2) is 65.0 Å². The summed E-state index contributed by atoms with van der Waals surface area (Å²) in [6, 6.07) is 15.9. The minimum Gasteiger partial charge on any atom is -0.339 e. The van der Waals surface area contributed by atoms with E-state index in [1.54, 1.807) is 11.2 Å². The number of halogens is 1. The summed E-state index contributed by atoms with van der Waals surface area (Å²) in [5, 5.41) is 0.651. The minimum atomic E-state index is -0.397. The molecule has 37 heavy (non-hydrogen) atoms. The van der Waals surface area contributed by atoms with Crippen molar-refractivity contribution in [2.75, 3.05) is 32.4 Å². The van der Waals surface area contributed by atoms with Gasteiger partial charge in [-0.25, -0.2) is 0 Å². The summed E-state index contributed by atoms with van der Waals surface area (Å²) in [7, 11) is 0. The van der Waals surface area contributed by atoms with Gasteiger partial charge in [0.15, 0.2) is 0 Å². The third-order valence-electron chi connectivity index (χ3n) is 7.11. The number of hydrogen-bond acceptors (Lipinski definition) is 4. The van der Waals surface area contributed by atoms with Crippen molar-refractivity contribution in [2.24, 2.45) is 5.92 Å². The zero-order valence-electron chi connectivity index (χ0n) is 23.1. The maximum Gasteiger partial charge on any atom is 0.245 e. The Morgan fingerprint density at radius 2 is 1.70 bits per heavy atom. The zero-order chi connectivity index (χ0) is 27.4. The summed E-state index contributed by atoms with van der Waals surface area (Å²) < 4.78 is 0. The second kappa shape index (κ2) is 16.1. The van der Waals surface area contributed by atoms with Gasteiger partial charge in [0, 0.05) is 50.7 Å². The smallest absolute Gasteiger partial charge is 0.245 e. The standard InChI is InChI=1S/C27H34ClN3O2.C2H6.CH4S/c1-3-21-16-29(17-22-9-5-4-6-10-22)14-15-30(18-21)27(33)25-12-13-26(32)31(25)19-23-20(2)8-7-11-24(23)28;2*1-2/h4-11,21,25H,3,12-19H2,1-2H3;1-2H3;2H,1H3. The molecule has 7 heteroatoms. The van der Waals surface area contributed by atoms with Crippen LogP contribution in [0, 0.1) is 12.8 Å². The average molecular weight is 546 g/mol. The van der Waals surface area contributed by atoms with Crippen molar-refractivity contribution >= 4 is 36.0 Å². The Bertz CT molecular complexity index is 968. The number of benzene rings is 2. The highest BCUT2D eigenvalue weighted by molar-refractivity contribution is 7.79. The largest absolute Gasteiger partial charge is 0.339 e. The molecule has 2 fully saturated rings. The number of nitrogens with zero attached hydrogens (tertiary/aromatic N) is 3. The van der Waals surface area contributed by atoms with Gasteiger partial charge in [-0.2, -0.15) is 12.6 Å². The van der Waals surface area contributed by atoms with Crippen LogP contribution < -0.4 is 0 Å². The number of carbonyl (C=O) groups excluding carboxylic acids is 2. The number of amides is 2. The van der Waals surface area contributed by atoms with Crippen LogP contribution in [0.25, 0.3) is 0 Å². The summed E-state index contributed by atoms with van der Waals surface area (Å²) in [6.45, 7) is 12.8. The van der Waals surface area contributed by atoms with Gasteiger partial charge in [-0.3, -0.25) is 14.5 Å². The topological polar surface area (TPSA) is 43.9 Å². The molecule has 0 saturated carbocycles. The van der Waals surface area contributed by atoms with Crippen molar-refractivity contribution in [3.05, 3.63) is 70.2 Å². The molecule has 2 aliphatic heterocycles. The van der Waals surface area contributed by atoms with Crippen molar-refractivity contribution in [2.45, 2.75) is 66.1 Å². The lowest BCUT2D eigenvalue weighted by molar-refractivity contribution is -0.142. The predicted molar refractivity (Wildman–Crippen MR) is 158 cm³/mol. The maximum absolute atomic E-state index is 13.7. The SMILES string of the molecule is CC.CCC1CN(Cc2ccccc2)CCN(C(=O)C2CCC(=O)N2Cc2c(C)cccc2Cl)C1.CS. The molecule has 2 aromatic carbocycles. The van der Waals surface area contributed by atoms with Crippen LogP contribution in [0.3, 0.4) is 0 Å². The van der Waals surface area contributed by atoms with Gasteiger partial charge < -0.3 is 9.80 Å². The zero-order valence-corrected chi connectivity index (χ0v) is 24.8. The van der Waals surface area contributed by atoms with Crippen LogP contribution >= 0.6 is 24.2 Å². The molecule has 2 unspecified atom stereocenters. The van der Waals surface area contributed by atoms with E-state index in [2.05, 4.69) is 48.7 Å². The lowest BCUT2D eigenvalue weighted by Gasteiger charge is -2.31. The first kappa shape index (κ1) is 31.2. The molecule has 4 rings (SSSR count). The van der Waals surface area contributed by atoms with E-state index in [-0.39, 0.29) is 11.8 Å². The fourth-order valence-electron chi connectivity index (χ4n) is 5.06. The second-order valence-corrected chi connectivity index (χ2v) is 9.80. The Balaban J connectivity index is 0.00000115. The van der Waals surface area contributed by atoms with E-state index in [1.165, 1.54) is 5.56 Å². The highest BCUT2D eigenvalue weighted by atomic mass is 35.5. The van der Waals surface area contributed by atoms with E-state index >= 15 is 0 Å². The molecule has 0 aromatic heterocycles. The average Bonchev–Trinajstić information content (AvgIpc) is 3.16. The number of likely N-dealkylation sites (tertiary alicyclic amines) is 1. The molecule has 0 N–H and O–H groups in total. The van der Waals surface area contributed by atoms with Crippen molar-refractivity contribution < 1.29 is 9.59 Å². The third-order valence-corrected chi connectivity index (χ3v) is 7.47. The van der Waals surface area contributed by atoms with Gasteiger partial charge in [0.25, 0.3) is 0 Å². The summed E-state index contributed by atoms with van der Waals surface area (Å²) in [5.74, 6) is 0.558. The quantitative estimate of drug-likeness (QED) is 0.447. The van der Waals surface area contributed by atoms with E-state index < -0.39 is 6.04 Å². The van der Waals surface area contributed by atoms with Crippen LogP contribution in [0.2, 0.25) is 5.02 Å². The number of hydrogen-bond donors (Lipinski definition) is 1. The lowest BCUT2D eigenvalue weighted by Crippen LogP contribution is -2.48. The van der Waals surface area contributed by atoms with Crippen LogP contribution in [0.4, 0.5) is 0 Å². The lowest BCUT2D eigenvalue weighted by atomic mass is 10.0. The molecule has 2 aliphatic rings. The molecule has 0 bridgehead atoms. The third kappa shape index (κ3) is 8.49. The molecule has 2 amide bonds. The maximum atomic E-state index is 13.7. The van der Waals surface area contributed by atoms with Crippen molar-refractivity contribution in [3.8, 4) is 0 Å². The molecule has 0 spiro atoms. The van der Waals surface area contributed by atoms with Crippen molar-refractivity contribution in [1.82, 2.24) is 14.7 Å². The first-order chi connectivity index (χ1) is 18.0. The first-order valence-corrected chi connectivity index (χ1v) is 14.8. The van der Waals surface area contributed by atoms with Crippen LogP contribution in [0.15, 0.2) is 48.5 Å². The monoisotopic (exact) mass is 545 g/mol. The van der Waals surface area contributed by atoms with Crippen LogP contribution in [0.1, 0.15) is 56.7 Å². The van der Waals surface area contributed by atoms with Gasteiger partial charge in [0.1, 0.15) is 6.04 Å². The number of rotatable bonds is 6. The Morgan fingerprint density at radius 3 is 2.35 bits per heavy atom. The summed E-state index contributed by atoms with van der Waals surface area (Å²) in [4.78, 5) is 32.6. The molecular weight excluding hydrogens is 502 g/mol. The molecule has 0 radical (unpaired) electrons. The van der Waals surface area contributed by atoms with Gasteiger partial charge in [-0.15, -0.1) is 0 Å². The van der Waals surface area contributed by atoms with E-state index in [0.29, 0.717) is 36.9 Å². The van der Waals surface area contributed by atoms with E-state index in [9.17, 15) is 9.59 Å². The molecule has 0 aliphatic carbocycles. The predicted octanol–water partition coefficient (Wildman–Crippen LogP) is 6.08. The minimum absolute atomic E-state index is 0.0419. The Labute approximate surface area is 234 Å². The molecule has 5 nitrogen and oxygen atoms in total. The van der Waals surface area contributed by atoms with Crippen molar-refractivity contribution in [1.29, 1.82) is 0 Å². The molecular formula is C30H44ClN3O2S. The Hall–Kier alpha value is -2.02. The second-order valence-electron chi connectivity index (χ2n) is 9.39. The molecule has 204 valence electrons. The number of carbonyl (C=O) groups is 2. The van der Waals surface area contributed by atoms with Gasteiger partial charge in [0.05, 0.1) is 0 Å². The number of thiol groups is 1. The number of aryl methyl sites for hydroxylation is 1. The van der Waals surface area contributed by atoms with Crippen molar-refractivity contribution in [3.63, 3.8) is 0 Å². The molecule has 2 aromatic rings. The normalized spacial score (nSPS) is 19.9. The van der Waals surface area contributed by atoms with E-state index in [1.807, 2.05) is 49.9 Å². The van der Waals surface area contributed by atoms with Crippen LogP contribution in [-0.2, 0) is 22.7 Å². The highest BCUT2D eigenvalue weighted by Gasteiger charge is 2.39. The molecule has 2 heterocycles. The first-order valence-electron chi connectivity index (χ1n) is 13.5. The molecule has 2 atom stereocenters. The van der Waals surface area contributed by atoms with E-state index in [0.717, 1.165) is 43.7 Å². The van der Waals surface area contributed by atoms with E-state index in [4.69, 9.17) is 11.6 Å². The highest BCUT2D eigenvalue weighted by Crippen LogP contribution is 2.28. The van der Waals surface area contributed by atoms with Gasteiger partial charge in [-0.05, 0) is 48.3 Å². The molecule has 2 saturated heterocycles. The fourth-order valence-corrected chi connectivity index (χ4v) is 5.34. The Morgan fingerprint density at radius 1 is 1.00 bits per heavy atom. The summed E-state index contributed by atoms with van der Waals surface area (Å²) in [5.41, 5.74) is 3.28. The van der Waals surface area contributed by atoms with Gasteiger partial charge in [0.2, 0.25) is 11.8 Å². The van der Waals surface area contributed by atoms with Gasteiger partial charge >= 0.3 is 0 Å². The fraction of sp³-hybridized carbons (Fsp3) is 0.533. The van der Waals surface area contributed by atoms with Gasteiger partial charge in [-0.1, -0.05) is 81.3 Å². The Kier molecular flexibility index (Phi) is 13.5. The summed E-state index contributed by atoms with van der Waals surface area (Å²) >= 11 is 9.96.